The number of nitrogens with two attached hydrogens (primary N) is 1. The maximum absolute atomic E-state index is 6.10. The van der Waals surface area contributed by atoms with E-state index in [9.17, 15) is 0 Å². The summed E-state index contributed by atoms with van der Waals surface area (Å²) in [6.45, 7) is 0. The van der Waals surface area contributed by atoms with Gasteiger partial charge in [0.1, 0.15) is 12.7 Å². The van der Waals surface area contributed by atoms with E-state index in [1.165, 1.54) is 29.1 Å². The van der Waals surface area contributed by atoms with Gasteiger partial charge in [-0.15, -0.1) is 0 Å². The Hall–Kier alpha value is -2.19. The maximum atomic E-state index is 6.10. The summed E-state index contributed by atoms with van der Waals surface area (Å²) in [6.07, 6.45) is 2.87. The summed E-state index contributed by atoms with van der Waals surface area (Å²) in [5, 5.41) is 5.02. The third-order valence-electron chi connectivity index (χ3n) is 2.28. The minimum Gasteiger partial charge on any atom is -0.368 e. The molecule has 20 heavy (non-hydrogen) atoms. The largest absolute Gasteiger partial charge is 0.368 e. The molecule has 0 aliphatic heterocycles. The van der Waals surface area contributed by atoms with Crippen LogP contribution in [-0.2, 0) is 0 Å². The highest BCUT2D eigenvalue weighted by atomic mass is 35.5. The van der Waals surface area contributed by atoms with Crippen molar-refractivity contribution in [1.82, 2.24) is 29.7 Å². The second-order valence-electron chi connectivity index (χ2n) is 3.65. The summed E-state index contributed by atoms with van der Waals surface area (Å²) in [5.74, 6) is 0.421. The molecule has 0 radical (unpaired) electrons. The molecule has 3 rings (SSSR count). The molecule has 2 heterocycles. The lowest BCUT2D eigenvalue weighted by molar-refractivity contribution is 0.763. The molecule has 0 amide bonds. The normalized spacial score (nSPS) is 10.7. The summed E-state index contributed by atoms with van der Waals surface area (Å²) in [5.41, 5.74) is 5.69. The molecule has 0 saturated carbocycles. The number of halogens is 1. The third-order valence-corrected chi connectivity index (χ3v) is 3.66. The van der Waals surface area contributed by atoms with Gasteiger partial charge in [0.2, 0.25) is 5.95 Å². The maximum Gasteiger partial charge on any atom is 0.257 e. The molecular weight excluding hydrogens is 298 g/mol. The summed E-state index contributed by atoms with van der Waals surface area (Å²) in [4.78, 5) is 17.0. The Balaban J connectivity index is 1.97. The lowest BCUT2D eigenvalue weighted by Crippen LogP contribution is -2.07. The average molecular weight is 306 g/mol. The van der Waals surface area contributed by atoms with Crippen molar-refractivity contribution in [3.63, 3.8) is 0 Å². The van der Waals surface area contributed by atoms with Gasteiger partial charge in [-0.05, 0) is 23.9 Å². The van der Waals surface area contributed by atoms with Crippen LogP contribution < -0.4 is 5.73 Å². The first-order valence-corrected chi connectivity index (χ1v) is 6.71. The number of nitrogen functional groups attached to an aromatic ring is 1. The number of aromatic nitrogens is 6. The number of benzene rings is 1. The number of nitrogens with zero attached hydrogens (tertiary/aromatic N) is 6. The minimum atomic E-state index is 0.111. The molecule has 0 bridgehead atoms. The van der Waals surface area contributed by atoms with Gasteiger partial charge in [-0.2, -0.15) is 24.7 Å². The average Bonchev–Trinajstić information content (AvgIpc) is 2.95. The van der Waals surface area contributed by atoms with Gasteiger partial charge >= 0.3 is 0 Å². The van der Waals surface area contributed by atoms with Crippen LogP contribution >= 0.6 is 23.4 Å². The lowest BCUT2D eigenvalue weighted by Gasteiger charge is -2.05. The van der Waals surface area contributed by atoms with Crippen LogP contribution in [0.2, 0.25) is 5.02 Å². The van der Waals surface area contributed by atoms with Gasteiger partial charge in [0, 0.05) is 4.90 Å². The van der Waals surface area contributed by atoms with Gasteiger partial charge in [-0.1, -0.05) is 23.7 Å². The fourth-order valence-electron chi connectivity index (χ4n) is 1.45. The van der Waals surface area contributed by atoms with Crippen molar-refractivity contribution < 1.29 is 0 Å². The standard InChI is InChI=1S/C11H8ClN7S/c12-7-3-1-2-4-8(7)20-11-17-9(13)16-10(18-11)19-6-14-5-15-19/h1-6H,(H2,13,16,17,18). The van der Waals surface area contributed by atoms with Gasteiger partial charge < -0.3 is 5.73 Å². The summed E-state index contributed by atoms with van der Waals surface area (Å²) >= 11 is 7.41. The summed E-state index contributed by atoms with van der Waals surface area (Å²) < 4.78 is 1.41. The molecule has 0 fully saturated rings. The van der Waals surface area contributed by atoms with Crippen LogP contribution in [0.3, 0.4) is 0 Å². The second-order valence-corrected chi connectivity index (χ2v) is 5.07. The molecule has 2 aromatic heterocycles. The number of hydrogen-bond donors (Lipinski definition) is 1. The van der Waals surface area contributed by atoms with E-state index < -0.39 is 0 Å². The zero-order valence-electron chi connectivity index (χ0n) is 10.0. The Morgan fingerprint density at radius 2 is 2.00 bits per heavy atom. The smallest absolute Gasteiger partial charge is 0.257 e. The molecule has 3 aromatic rings. The number of rotatable bonds is 3. The third kappa shape index (κ3) is 2.70. The monoisotopic (exact) mass is 305 g/mol. The van der Waals surface area contributed by atoms with Crippen molar-refractivity contribution in [2.24, 2.45) is 0 Å². The van der Waals surface area contributed by atoms with Gasteiger partial charge in [0.25, 0.3) is 5.95 Å². The van der Waals surface area contributed by atoms with Crippen LogP contribution in [0.1, 0.15) is 0 Å². The van der Waals surface area contributed by atoms with Crippen molar-refractivity contribution >= 4 is 29.3 Å². The number of anilines is 1. The molecule has 0 spiro atoms. The van der Waals surface area contributed by atoms with Gasteiger partial charge in [-0.25, -0.2) is 4.98 Å². The Kier molecular flexibility index (Phi) is 3.48. The molecule has 0 saturated heterocycles. The van der Waals surface area contributed by atoms with Crippen LogP contribution in [0.15, 0.2) is 47.0 Å². The van der Waals surface area contributed by atoms with Crippen LogP contribution in [0.25, 0.3) is 5.95 Å². The lowest BCUT2D eigenvalue weighted by atomic mass is 10.4. The molecule has 0 aliphatic rings. The van der Waals surface area contributed by atoms with Crippen molar-refractivity contribution in [2.75, 3.05) is 5.73 Å². The van der Waals surface area contributed by atoms with E-state index in [0.717, 1.165) is 4.90 Å². The molecule has 100 valence electrons. The summed E-state index contributed by atoms with van der Waals surface area (Å²) in [7, 11) is 0. The first-order chi connectivity index (χ1) is 9.72. The Bertz CT molecular complexity index is 731. The van der Waals surface area contributed by atoms with Crippen LogP contribution in [0.5, 0.6) is 0 Å². The van der Waals surface area contributed by atoms with Gasteiger partial charge in [0.15, 0.2) is 5.16 Å². The predicted molar refractivity (Wildman–Crippen MR) is 74.7 cm³/mol. The zero-order chi connectivity index (χ0) is 13.9. The highest BCUT2D eigenvalue weighted by molar-refractivity contribution is 7.99. The quantitative estimate of drug-likeness (QED) is 0.788. The van der Waals surface area contributed by atoms with Crippen molar-refractivity contribution in [3.05, 3.63) is 41.9 Å². The fourth-order valence-corrected chi connectivity index (χ4v) is 2.47. The highest BCUT2D eigenvalue weighted by Gasteiger charge is 2.10. The highest BCUT2D eigenvalue weighted by Crippen LogP contribution is 2.31. The van der Waals surface area contributed by atoms with E-state index in [1.807, 2.05) is 18.2 Å². The second kappa shape index (κ2) is 5.43. The van der Waals surface area contributed by atoms with E-state index in [2.05, 4.69) is 25.0 Å². The van der Waals surface area contributed by atoms with E-state index in [0.29, 0.717) is 16.1 Å². The summed E-state index contributed by atoms with van der Waals surface area (Å²) in [6, 6.07) is 7.42. The molecule has 0 atom stereocenters. The molecule has 0 unspecified atom stereocenters. The van der Waals surface area contributed by atoms with Crippen molar-refractivity contribution in [2.45, 2.75) is 10.1 Å². The Labute approximate surface area is 123 Å². The molecule has 0 aliphatic carbocycles. The molecule has 7 nitrogen and oxygen atoms in total. The van der Waals surface area contributed by atoms with Crippen LogP contribution in [0.4, 0.5) is 5.95 Å². The molecule has 2 N–H and O–H groups in total. The van der Waals surface area contributed by atoms with Gasteiger partial charge in [-0.3, -0.25) is 0 Å². The predicted octanol–water partition coefficient (Wildman–Crippen LogP) is 1.84. The van der Waals surface area contributed by atoms with E-state index >= 15 is 0 Å². The first-order valence-electron chi connectivity index (χ1n) is 5.51. The number of hydrogen-bond acceptors (Lipinski definition) is 7. The van der Waals surface area contributed by atoms with Gasteiger partial charge in [0.05, 0.1) is 5.02 Å². The Morgan fingerprint density at radius 3 is 2.75 bits per heavy atom. The first kappa shape index (κ1) is 12.8. The van der Waals surface area contributed by atoms with Crippen molar-refractivity contribution in [3.8, 4) is 5.95 Å². The van der Waals surface area contributed by atoms with Crippen LogP contribution in [0, 0.1) is 0 Å². The fraction of sp³-hybridized carbons (Fsp3) is 0. The SMILES string of the molecule is Nc1nc(Sc2ccccc2Cl)nc(-n2cncn2)n1. The molecule has 9 heteroatoms. The minimum absolute atomic E-state index is 0.111. The zero-order valence-corrected chi connectivity index (χ0v) is 11.6. The van der Waals surface area contributed by atoms with E-state index in [4.69, 9.17) is 17.3 Å². The Morgan fingerprint density at radius 1 is 1.15 bits per heavy atom. The van der Waals surface area contributed by atoms with E-state index in [-0.39, 0.29) is 5.95 Å². The molecule has 1 aromatic carbocycles. The topological polar surface area (TPSA) is 95.4 Å². The molecular formula is C11H8ClN7S. The van der Waals surface area contributed by atoms with Crippen LogP contribution in [-0.4, -0.2) is 29.7 Å². The van der Waals surface area contributed by atoms with Crippen molar-refractivity contribution in [1.29, 1.82) is 0 Å². The van der Waals surface area contributed by atoms with E-state index in [1.54, 1.807) is 6.07 Å².